The molecule has 2 unspecified atom stereocenters. The SMILES string of the molecule is CCC(C)[C@H](N)C(=O)NC(C)c1ccc(F)cc1F. The van der Waals surface area contributed by atoms with Crippen molar-refractivity contribution in [1.29, 1.82) is 0 Å². The van der Waals surface area contributed by atoms with Crippen molar-refractivity contribution in [3.63, 3.8) is 0 Å². The summed E-state index contributed by atoms with van der Waals surface area (Å²) in [4.78, 5) is 11.9. The lowest BCUT2D eigenvalue weighted by atomic mass is 9.98. The van der Waals surface area contributed by atoms with E-state index in [0.29, 0.717) is 0 Å². The van der Waals surface area contributed by atoms with Crippen LogP contribution in [0.25, 0.3) is 0 Å². The molecule has 0 radical (unpaired) electrons. The van der Waals surface area contributed by atoms with Crippen molar-refractivity contribution in [2.75, 3.05) is 0 Å². The van der Waals surface area contributed by atoms with Gasteiger partial charge in [0, 0.05) is 11.6 Å². The van der Waals surface area contributed by atoms with Gasteiger partial charge < -0.3 is 11.1 Å². The minimum absolute atomic E-state index is 0.0465. The van der Waals surface area contributed by atoms with Crippen LogP contribution in [0.2, 0.25) is 0 Å². The molecule has 0 saturated carbocycles. The fraction of sp³-hybridized carbons (Fsp3) is 0.500. The zero-order valence-electron chi connectivity index (χ0n) is 11.4. The monoisotopic (exact) mass is 270 g/mol. The molecule has 0 aliphatic rings. The Morgan fingerprint density at radius 3 is 2.53 bits per heavy atom. The molecule has 3 N–H and O–H groups in total. The fourth-order valence-corrected chi connectivity index (χ4v) is 1.75. The van der Waals surface area contributed by atoms with Crippen molar-refractivity contribution in [3.8, 4) is 0 Å². The maximum absolute atomic E-state index is 13.6. The van der Waals surface area contributed by atoms with Gasteiger partial charge >= 0.3 is 0 Å². The van der Waals surface area contributed by atoms with Crippen LogP contribution in [0.5, 0.6) is 0 Å². The first-order valence-corrected chi connectivity index (χ1v) is 6.37. The lowest BCUT2D eigenvalue weighted by Crippen LogP contribution is -2.45. The van der Waals surface area contributed by atoms with Crippen LogP contribution >= 0.6 is 0 Å². The minimum atomic E-state index is -0.676. The molecule has 1 amide bonds. The summed E-state index contributed by atoms with van der Waals surface area (Å²) in [5.41, 5.74) is 6.04. The molecule has 3 nitrogen and oxygen atoms in total. The largest absolute Gasteiger partial charge is 0.348 e. The number of carbonyl (C=O) groups excluding carboxylic acids is 1. The van der Waals surface area contributed by atoms with Gasteiger partial charge in [-0.1, -0.05) is 26.3 Å². The Balaban J connectivity index is 2.74. The topological polar surface area (TPSA) is 55.1 Å². The molecule has 1 aromatic carbocycles. The van der Waals surface area contributed by atoms with E-state index in [1.807, 2.05) is 13.8 Å². The molecule has 5 heteroatoms. The van der Waals surface area contributed by atoms with Gasteiger partial charge in [0.15, 0.2) is 0 Å². The number of benzene rings is 1. The number of nitrogens with one attached hydrogen (secondary N) is 1. The predicted molar refractivity (Wildman–Crippen MR) is 70.3 cm³/mol. The highest BCUT2D eigenvalue weighted by Gasteiger charge is 2.22. The van der Waals surface area contributed by atoms with Gasteiger partial charge in [-0.25, -0.2) is 8.78 Å². The average molecular weight is 270 g/mol. The zero-order valence-corrected chi connectivity index (χ0v) is 11.4. The molecule has 0 saturated heterocycles. The lowest BCUT2D eigenvalue weighted by Gasteiger charge is -2.21. The Kier molecular flexibility index (Phi) is 5.42. The summed E-state index contributed by atoms with van der Waals surface area (Å²) in [6, 6.07) is 2.10. The summed E-state index contributed by atoms with van der Waals surface area (Å²) >= 11 is 0. The molecule has 0 fully saturated rings. The fourth-order valence-electron chi connectivity index (χ4n) is 1.75. The third kappa shape index (κ3) is 3.99. The molecule has 19 heavy (non-hydrogen) atoms. The van der Waals surface area contributed by atoms with Gasteiger partial charge in [0.05, 0.1) is 12.1 Å². The number of halogens is 2. The molecule has 3 atom stereocenters. The number of hydrogen-bond acceptors (Lipinski definition) is 2. The van der Waals surface area contributed by atoms with Crippen molar-refractivity contribution < 1.29 is 13.6 Å². The molecule has 1 aromatic rings. The molecule has 0 aliphatic heterocycles. The van der Waals surface area contributed by atoms with Crippen LogP contribution in [-0.2, 0) is 4.79 Å². The standard InChI is InChI=1S/C14H20F2N2O/c1-4-8(2)13(17)14(19)18-9(3)11-6-5-10(15)7-12(11)16/h5-9,13H,4,17H2,1-3H3,(H,18,19)/t8?,9?,13-/m0/s1. The van der Waals surface area contributed by atoms with Crippen molar-refractivity contribution in [1.82, 2.24) is 5.32 Å². The second-order valence-corrected chi connectivity index (χ2v) is 4.81. The number of carbonyl (C=O) groups is 1. The van der Waals surface area contributed by atoms with Crippen LogP contribution in [0.4, 0.5) is 8.78 Å². The second kappa shape index (κ2) is 6.61. The van der Waals surface area contributed by atoms with E-state index in [4.69, 9.17) is 5.73 Å². The normalized spacial score (nSPS) is 15.7. The molecule has 0 aliphatic carbocycles. The first-order valence-electron chi connectivity index (χ1n) is 6.37. The molecule has 1 rings (SSSR count). The summed E-state index contributed by atoms with van der Waals surface area (Å²) in [6.45, 7) is 5.46. The van der Waals surface area contributed by atoms with E-state index in [0.717, 1.165) is 18.6 Å². The van der Waals surface area contributed by atoms with Gasteiger partial charge in [0.2, 0.25) is 5.91 Å². The Morgan fingerprint density at radius 2 is 2.00 bits per heavy atom. The molecule has 0 heterocycles. The van der Waals surface area contributed by atoms with Crippen LogP contribution in [0, 0.1) is 17.6 Å². The van der Waals surface area contributed by atoms with Crippen LogP contribution in [-0.4, -0.2) is 11.9 Å². The van der Waals surface area contributed by atoms with E-state index in [-0.39, 0.29) is 17.4 Å². The van der Waals surface area contributed by atoms with Crippen molar-refractivity contribution in [2.24, 2.45) is 11.7 Å². The van der Waals surface area contributed by atoms with E-state index < -0.39 is 23.7 Å². The summed E-state index contributed by atoms with van der Waals surface area (Å²) < 4.78 is 26.4. The minimum Gasteiger partial charge on any atom is -0.348 e. The average Bonchev–Trinajstić information content (AvgIpc) is 2.36. The predicted octanol–water partition coefficient (Wildman–Crippen LogP) is 2.52. The van der Waals surface area contributed by atoms with E-state index in [2.05, 4.69) is 5.32 Å². The van der Waals surface area contributed by atoms with Crippen molar-refractivity contribution in [2.45, 2.75) is 39.3 Å². The maximum Gasteiger partial charge on any atom is 0.237 e. The molecule has 0 spiro atoms. The second-order valence-electron chi connectivity index (χ2n) is 4.81. The van der Waals surface area contributed by atoms with Gasteiger partial charge in [0.1, 0.15) is 11.6 Å². The molecular weight excluding hydrogens is 250 g/mol. The summed E-state index contributed by atoms with van der Waals surface area (Å²) in [6.07, 6.45) is 0.786. The van der Waals surface area contributed by atoms with Gasteiger partial charge in [-0.15, -0.1) is 0 Å². The third-order valence-electron chi connectivity index (χ3n) is 3.35. The summed E-state index contributed by atoms with van der Waals surface area (Å²) in [5.74, 6) is -1.60. The highest BCUT2D eigenvalue weighted by Crippen LogP contribution is 2.18. The van der Waals surface area contributed by atoms with Gasteiger partial charge in [-0.3, -0.25) is 4.79 Å². The van der Waals surface area contributed by atoms with E-state index in [1.165, 1.54) is 6.07 Å². The first kappa shape index (κ1) is 15.6. The summed E-state index contributed by atoms with van der Waals surface area (Å²) in [5, 5.41) is 2.65. The quantitative estimate of drug-likeness (QED) is 0.863. The molecule has 106 valence electrons. The van der Waals surface area contributed by atoms with Crippen LogP contribution in [0.15, 0.2) is 18.2 Å². The maximum atomic E-state index is 13.6. The number of rotatable bonds is 5. The van der Waals surface area contributed by atoms with Crippen LogP contribution in [0.1, 0.15) is 38.8 Å². The van der Waals surface area contributed by atoms with Crippen LogP contribution < -0.4 is 11.1 Å². The Bertz CT molecular complexity index is 451. The number of amides is 1. The van der Waals surface area contributed by atoms with Gasteiger partial charge in [0.25, 0.3) is 0 Å². The Hall–Kier alpha value is -1.49. The zero-order chi connectivity index (χ0) is 14.6. The van der Waals surface area contributed by atoms with E-state index >= 15 is 0 Å². The number of nitrogens with two attached hydrogens (primary N) is 1. The molecular formula is C14H20F2N2O. The highest BCUT2D eigenvalue weighted by atomic mass is 19.1. The lowest BCUT2D eigenvalue weighted by molar-refractivity contribution is -0.124. The number of hydrogen-bond donors (Lipinski definition) is 2. The van der Waals surface area contributed by atoms with E-state index in [1.54, 1.807) is 6.92 Å². The Labute approximate surface area is 112 Å². The van der Waals surface area contributed by atoms with Gasteiger partial charge in [-0.2, -0.15) is 0 Å². The van der Waals surface area contributed by atoms with Crippen molar-refractivity contribution >= 4 is 5.91 Å². The van der Waals surface area contributed by atoms with E-state index in [9.17, 15) is 13.6 Å². The first-order chi connectivity index (χ1) is 8.86. The molecule has 0 bridgehead atoms. The summed E-state index contributed by atoms with van der Waals surface area (Å²) in [7, 11) is 0. The van der Waals surface area contributed by atoms with Crippen LogP contribution in [0.3, 0.4) is 0 Å². The Morgan fingerprint density at radius 1 is 1.37 bits per heavy atom. The van der Waals surface area contributed by atoms with Crippen molar-refractivity contribution in [3.05, 3.63) is 35.4 Å². The van der Waals surface area contributed by atoms with Gasteiger partial charge in [-0.05, 0) is 18.9 Å². The highest BCUT2D eigenvalue weighted by molar-refractivity contribution is 5.82. The molecule has 0 aromatic heterocycles. The third-order valence-corrected chi connectivity index (χ3v) is 3.35. The smallest absolute Gasteiger partial charge is 0.237 e.